The van der Waals surface area contributed by atoms with Crippen LogP contribution in [0.25, 0.3) is 0 Å². The van der Waals surface area contributed by atoms with E-state index in [4.69, 9.17) is 10.00 Å². The molecule has 170 valence electrons. The van der Waals surface area contributed by atoms with Crippen LogP contribution in [0.1, 0.15) is 36.2 Å². The third-order valence-corrected chi connectivity index (χ3v) is 6.92. The molecule has 8 nitrogen and oxygen atoms in total. The fourth-order valence-electron chi connectivity index (χ4n) is 3.70. The smallest absolute Gasteiger partial charge is 0.253 e. The van der Waals surface area contributed by atoms with Crippen molar-refractivity contribution in [2.45, 2.75) is 31.2 Å². The first-order valence-electron chi connectivity index (χ1n) is 10.5. The monoisotopic (exact) mass is 456 g/mol. The van der Waals surface area contributed by atoms with Gasteiger partial charge in [-0.1, -0.05) is 0 Å². The highest BCUT2D eigenvalue weighted by molar-refractivity contribution is 7.89. The van der Waals surface area contributed by atoms with Gasteiger partial charge in [-0.2, -0.15) is 5.26 Å². The Bertz CT molecular complexity index is 1110. The normalized spacial score (nSPS) is 14.7. The predicted octanol–water partition coefficient (Wildman–Crippen LogP) is 2.61. The molecule has 1 N–H and O–H groups in total. The van der Waals surface area contributed by atoms with Gasteiger partial charge in [-0.25, -0.2) is 13.1 Å². The van der Waals surface area contributed by atoms with Crippen LogP contribution in [0, 0.1) is 11.3 Å². The maximum absolute atomic E-state index is 13.2. The average molecular weight is 457 g/mol. The Morgan fingerprint density at radius 2 is 1.81 bits per heavy atom. The minimum absolute atomic E-state index is 0.0476. The molecule has 0 aromatic heterocycles. The van der Waals surface area contributed by atoms with Gasteiger partial charge in [0.2, 0.25) is 10.0 Å². The van der Waals surface area contributed by atoms with Gasteiger partial charge in [-0.05, 0) is 62.7 Å². The minimum Gasteiger partial charge on any atom is -0.495 e. The fraction of sp³-hybridized carbons (Fsp3) is 0.391. The number of ether oxygens (including phenoxy) is 1. The highest BCUT2D eigenvalue weighted by Crippen LogP contribution is 2.26. The molecule has 0 saturated carbocycles. The topological polar surface area (TPSA) is 103 Å². The SMILES string of the molecule is COc1ccc(C(=O)N2CCCN(c3ccc(C#N)cc3)CC2)cc1S(=O)(=O)NC(C)C. The molecular weight excluding hydrogens is 428 g/mol. The molecule has 1 amide bonds. The summed E-state index contributed by atoms with van der Waals surface area (Å²) in [6.45, 7) is 5.98. The Morgan fingerprint density at radius 1 is 1.09 bits per heavy atom. The number of benzene rings is 2. The second-order valence-corrected chi connectivity index (χ2v) is 9.62. The Hall–Kier alpha value is -3.09. The summed E-state index contributed by atoms with van der Waals surface area (Å²) in [6, 6.07) is 13.7. The highest BCUT2D eigenvalue weighted by atomic mass is 32.2. The summed E-state index contributed by atoms with van der Waals surface area (Å²) in [4.78, 5) is 17.1. The Kier molecular flexibility index (Phi) is 7.38. The molecule has 32 heavy (non-hydrogen) atoms. The highest BCUT2D eigenvalue weighted by Gasteiger charge is 2.25. The van der Waals surface area contributed by atoms with E-state index in [9.17, 15) is 13.2 Å². The largest absolute Gasteiger partial charge is 0.495 e. The van der Waals surface area contributed by atoms with Crippen LogP contribution < -0.4 is 14.4 Å². The first kappa shape index (κ1) is 23.6. The van der Waals surface area contributed by atoms with Crippen LogP contribution in [-0.4, -0.2) is 58.6 Å². The second kappa shape index (κ2) is 10.0. The summed E-state index contributed by atoms with van der Waals surface area (Å²) >= 11 is 0. The third kappa shape index (κ3) is 5.39. The molecule has 1 aliphatic rings. The van der Waals surface area contributed by atoms with Gasteiger partial charge in [0.05, 0.1) is 18.7 Å². The van der Waals surface area contributed by atoms with E-state index in [1.807, 2.05) is 12.1 Å². The molecule has 0 unspecified atom stereocenters. The van der Waals surface area contributed by atoms with Crippen LogP contribution >= 0.6 is 0 Å². The molecule has 1 fully saturated rings. The van der Waals surface area contributed by atoms with E-state index < -0.39 is 10.0 Å². The molecule has 9 heteroatoms. The van der Waals surface area contributed by atoms with Crippen molar-refractivity contribution in [3.8, 4) is 11.8 Å². The molecular formula is C23H28N4O4S. The van der Waals surface area contributed by atoms with E-state index in [1.165, 1.54) is 19.2 Å². The Morgan fingerprint density at radius 3 is 2.44 bits per heavy atom. The van der Waals surface area contributed by atoms with E-state index in [-0.39, 0.29) is 22.6 Å². The van der Waals surface area contributed by atoms with Crippen molar-refractivity contribution < 1.29 is 17.9 Å². The molecule has 0 spiro atoms. The number of nitriles is 1. The van der Waals surface area contributed by atoms with Gasteiger partial charge in [0.15, 0.2) is 0 Å². The first-order valence-corrected chi connectivity index (χ1v) is 12.0. The van der Waals surface area contributed by atoms with Gasteiger partial charge in [0, 0.05) is 43.5 Å². The fourth-order valence-corrected chi connectivity index (χ4v) is 5.15. The predicted molar refractivity (Wildman–Crippen MR) is 122 cm³/mol. The summed E-state index contributed by atoms with van der Waals surface area (Å²) in [5, 5.41) is 8.98. The van der Waals surface area contributed by atoms with Crippen LogP contribution in [0.2, 0.25) is 0 Å². The lowest BCUT2D eigenvalue weighted by Crippen LogP contribution is -2.35. The van der Waals surface area contributed by atoms with Gasteiger partial charge in [-0.3, -0.25) is 4.79 Å². The third-order valence-electron chi connectivity index (χ3n) is 5.24. The van der Waals surface area contributed by atoms with Crippen molar-refractivity contribution in [3.05, 3.63) is 53.6 Å². The molecule has 0 radical (unpaired) electrons. The molecule has 1 aliphatic heterocycles. The molecule has 0 atom stereocenters. The number of amides is 1. The first-order chi connectivity index (χ1) is 15.2. The van der Waals surface area contributed by atoms with Crippen molar-refractivity contribution in [1.82, 2.24) is 9.62 Å². The molecule has 3 rings (SSSR count). The lowest BCUT2D eigenvalue weighted by atomic mass is 10.2. The zero-order valence-corrected chi connectivity index (χ0v) is 19.4. The number of anilines is 1. The number of hydrogen-bond donors (Lipinski definition) is 1. The van der Waals surface area contributed by atoms with Crippen LogP contribution in [0.4, 0.5) is 5.69 Å². The molecule has 1 saturated heterocycles. The van der Waals surface area contributed by atoms with Crippen molar-refractivity contribution in [1.29, 1.82) is 5.26 Å². The van der Waals surface area contributed by atoms with Gasteiger partial charge in [0.1, 0.15) is 10.6 Å². The van der Waals surface area contributed by atoms with E-state index >= 15 is 0 Å². The van der Waals surface area contributed by atoms with Crippen LogP contribution in [0.3, 0.4) is 0 Å². The number of methoxy groups -OCH3 is 1. The molecule has 1 heterocycles. The van der Waals surface area contributed by atoms with Crippen LogP contribution in [0.5, 0.6) is 5.75 Å². The number of nitrogens with one attached hydrogen (secondary N) is 1. The number of nitrogens with zero attached hydrogens (tertiary/aromatic N) is 3. The molecule has 2 aromatic carbocycles. The summed E-state index contributed by atoms with van der Waals surface area (Å²) in [7, 11) is -2.42. The quantitative estimate of drug-likeness (QED) is 0.717. The Balaban J connectivity index is 1.78. The summed E-state index contributed by atoms with van der Waals surface area (Å²) in [6.07, 6.45) is 0.780. The van der Waals surface area contributed by atoms with E-state index in [2.05, 4.69) is 15.7 Å². The van der Waals surface area contributed by atoms with Gasteiger partial charge in [0.25, 0.3) is 5.91 Å². The minimum atomic E-state index is -3.82. The molecule has 0 bridgehead atoms. The van der Waals surface area contributed by atoms with E-state index in [0.717, 1.165) is 18.7 Å². The number of sulfonamides is 1. The van der Waals surface area contributed by atoms with Gasteiger partial charge < -0.3 is 14.5 Å². The zero-order chi connectivity index (χ0) is 23.3. The maximum atomic E-state index is 13.2. The summed E-state index contributed by atoms with van der Waals surface area (Å²) < 4.78 is 33.2. The van der Waals surface area contributed by atoms with E-state index in [1.54, 1.807) is 36.9 Å². The summed E-state index contributed by atoms with van der Waals surface area (Å²) in [5.74, 6) is -0.0205. The average Bonchev–Trinajstić information content (AvgIpc) is 3.03. The van der Waals surface area contributed by atoms with Crippen LogP contribution in [-0.2, 0) is 10.0 Å². The molecule has 0 aliphatic carbocycles. The van der Waals surface area contributed by atoms with E-state index in [0.29, 0.717) is 30.8 Å². The standard InChI is InChI=1S/C23H28N4O4S/c1-17(2)25-32(29,30)22-15-19(7-10-21(22)31-3)23(28)27-12-4-11-26(13-14-27)20-8-5-18(16-24)6-9-20/h5-10,15,17,25H,4,11-14H2,1-3H3. The number of hydrogen-bond acceptors (Lipinski definition) is 6. The lowest BCUT2D eigenvalue weighted by molar-refractivity contribution is 0.0766. The molecule has 2 aromatic rings. The zero-order valence-electron chi connectivity index (χ0n) is 18.5. The van der Waals surface area contributed by atoms with Gasteiger partial charge in [-0.15, -0.1) is 0 Å². The van der Waals surface area contributed by atoms with Crippen LogP contribution in [0.15, 0.2) is 47.4 Å². The maximum Gasteiger partial charge on any atom is 0.253 e. The summed E-state index contributed by atoms with van der Waals surface area (Å²) in [5.41, 5.74) is 1.93. The van der Waals surface area contributed by atoms with Gasteiger partial charge >= 0.3 is 0 Å². The lowest BCUT2D eigenvalue weighted by Gasteiger charge is -2.24. The van der Waals surface area contributed by atoms with Crippen molar-refractivity contribution in [2.75, 3.05) is 38.2 Å². The van der Waals surface area contributed by atoms with Crippen molar-refractivity contribution >= 4 is 21.6 Å². The second-order valence-electron chi connectivity index (χ2n) is 7.93. The number of rotatable bonds is 6. The van der Waals surface area contributed by atoms with Crippen molar-refractivity contribution in [2.24, 2.45) is 0 Å². The Labute approximate surface area is 189 Å². The van der Waals surface area contributed by atoms with Crippen molar-refractivity contribution in [3.63, 3.8) is 0 Å². The number of carbonyl (C=O) groups excluding carboxylic acids is 1. The number of carbonyl (C=O) groups is 1.